The summed E-state index contributed by atoms with van der Waals surface area (Å²) in [5.41, 5.74) is -0.195. The molecule has 1 aliphatic rings. The molecule has 6 heteroatoms. The van der Waals surface area contributed by atoms with Crippen molar-refractivity contribution in [3.63, 3.8) is 0 Å². The number of carbonyl (C=O) groups excluding carboxylic acids is 1. The van der Waals surface area contributed by atoms with Crippen molar-refractivity contribution in [3.8, 4) is 0 Å². The van der Waals surface area contributed by atoms with Crippen LogP contribution in [0.4, 0.5) is 4.79 Å². The van der Waals surface area contributed by atoms with Gasteiger partial charge in [-0.1, -0.05) is 19.8 Å². The maximum Gasteiger partial charge on any atom is 0.318 e. The first-order valence-corrected chi connectivity index (χ1v) is 8.12. The van der Waals surface area contributed by atoms with E-state index in [0.717, 1.165) is 44.5 Å². The highest BCUT2D eigenvalue weighted by Gasteiger charge is 2.36. The molecule has 0 unspecified atom stereocenters. The second-order valence-electron chi connectivity index (χ2n) is 6.23. The number of ether oxygens (including phenoxy) is 1. The summed E-state index contributed by atoms with van der Waals surface area (Å²) in [4.78, 5) is 18.9. The number of imidazole rings is 1. The minimum Gasteiger partial charge on any atom is -0.382 e. The molecule has 0 aliphatic heterocycles. The highest BCUT2D eigenvalue weighted by Crippen LogP contribution is 2.30. The van der Waals surface area contributed by atoms with Crippen molar-refractivity contribution < 1.29 is 9.53 Å². The summed E-state index contributed by atoms with van der Waals surface area (Å²) in [5.74, 6) is 0.899. The molecule has 1 saturated carbocycles. The molecule has 0 aromatic carbocycles. The first-order valence-electron chi connectivity index (χ1n) is 8.12. The number of urea groups is 1. The lowest BCUT2D eigenvalue weighted by Crippen LogP contribution is -2.54. The average Bonchev–Trinajstić information content (AvgIpc) is 3.09. The van der Waals surface area contributed by atoms with Gasteiger partial charge in [-0.15, -0.1) is 0 Å². The fourth-order valence-electron chi connectivity index (χ4n) is 3.18. The molecule has 124 valence electrons. The van der Waals surface area contributed by atoms with Crippen LogP contribution >= 0.6 is 0 Å². The van der Waals surface area contributed by atoms with E-state index in [1.165, 1.54) is 0 Å². The third-order valence-electron chi connectivity index (χ3n) is 4.39. The normalized spacial score (nSPS) is 16.7. The Hall–Kier alpha value is -1.56. The smallest absolute Gasteiger partial charge is 0.318 e. The molecule has 22 heavy (non-hydrogen) atoms. The van der Waals surface area contributed by atoms with Crippen LogP contribution in [-0.4, -0.2) is 46.3 Å². The maximum absolute atomic E-state index is 12.7. The Labute approximate surface area is 132 Å². The molecule has 0 saturated heterocycles. The number of aromatic nitrogens is 2. The second-order valence-corrected chi connectivity index (χ2v) is 6.23. The Morgan fingerprint density at radius 3 is 2.77 bits per heavy atom. The number of nitrogens with zero attached hydrogens (tertiary/aromatic N) is 3. The third kappa shape index (κ3) is 4.00. The summed E-state index contributed by atoms with van der Waals surface area (Å²) in [6, 6.07) is -0.0104. The summed E-state index contributed by atoms with van der Waals surface area (Å²) in [6.07, 6.45) is 8.88. The van der Waals surface area contributed by atoms with Gasteiger partial charge in [-0.2, -0.15) is 0 Å². The number of hydrogen-bond acceptors (Lipinski definition) is 3. The van der Waals surface area contributed by atoms with Crippen LogP contribution in [0.15, 0.2) is 12.4 Å². The standard InChI is InChI=1S/C16H28N4O2/c1-4-10-20(12-14-17-9-11-19(14)2)15(21)18-16(13-22-3)7-5-6-8-16/h9,11H,4-8,10,12-13H2,1-3H3,(H,18,21). The van der Waals surface area contributed by atoms with Crippen molar-refractivity contribution >= 4 is 6.03 Å². The van der Waals surface area contributed by atoms with Gasteiger partial charge in [-0.25, -0.2) is 9.78 Å². The average molecular weight is 308 g/mol. The van der Waals surface area contributed by atoms with Gasteiger partial charge in [0.05, 0.1) is 18.7 Å². The van der Waals surface area contributed by atoms with Gasteiger partial charge in [0.2, 0.25) is 0 Å². The number of nitrogens with one attached hydrogen (secondary N) is 1. The number of amides is 2. The van der Waals surface area contributed by atoms with Crippen LogP contribution in [0.25, 0.3) is 0 Å². The summed E-state index contributed by atoms with van der Waals surface area (Å²) in [6.45, 7) is 3.92. The van der Waals surface area contributed by atoms with E-state index < -0.39 is 0 Å². The minimum atomic E-state index is -0.195. The lowest BCUT2D eigenvalue weighted by molar-refractivity contribution is 0.107. The lowest BCUT2D eigenvalue weighted by atomic mass is 9.99. The Kier molecular flexibility index (Phi) is 5.83. The number of carbonyl (C=O) groups is 1. The predicted molar refractivity (Wildman–Crippen MR) is 85.5 cm³/mol. The van der Waals surface area contributed by atoms with E-state index >= 15 is 0 Å². The van der Waals surface area contributed by atoms with Crippen LogP contribution < -0.4 is 5.32 Å². The van der Waals surface area contributed by atoms with E-state index in [9.17, 15) is 4.79 Å². The summed E-state index contributed by atoms with van der Waals surface area (Å²) in [5, 5.41) is 3.24. The molecule has 1 aromatic rings. The fourth-order valence-corrected chi connectivity index (χ4v) is 3.18. The van der Waals surface area contributed by atoms with Crippen LogP contribution in [0, 0.1) is 0 Å². The zero-order valence-electron chi connectivity index (χ0n) is 14.0. The molecule has 1 N–H and O–H groups in total. The van der Waals surface area contributed by atoms with Crippen LogP contribution in [0.2, 0.25) is 0 Å². The molecule has 0 atom stereocenters. The van der Waals surface area contributed by atoms with E-state index in [1.54, 1.807) is 13.3 Å². The van der Waals surface area contributed by atoms with Crippen LogP contribution in [0.1, 0.15) is 44.9 Å². The fraction of sp³-hybridized carbons (Fsp3) is 0.750. The van der Waals surface area contributed by atoms with Gasteiger partial charge in [0, 0.05) is 33.1 Å². The van der Waals surface area contributed by atoms with Crippen molar-refractivity contribution in [2.75, 3.05) is 20.3 Å². The third-order valence-corrected chi connectivity index (χ3v) is 4.39. The van der Waals surface area contributed by atoms with Gasteiger partial charge in [0.15, 0.2) is 0 Å². The molecule has 1 fully saturated rings. The molecular formula is C16H28N4O2. The SMILES string of the molecule is CCCN(Cc1nccn1C)C(=O)NC1(COC)CCCC1. The van der Waals surface area contributed by atoms with Gasteiger partial charge in [-0.05, 0) is 19.3 Å². The van der Waals surface area contributed by atoms with Crippen molar-refractivity contribution in [1.82, 2.24) is 19.8 Å². The van der Waals surface area contributed by atoms with E-state index in [0.29, 0.717) is 13.2 Å². The van der Waals surface area contributed by atoms with Gasteiger partial charge in [0.1, 0.15) is 5.82 Å². The number of aryl methyl sites for hydroxylation is 1. The lowest BCUT2D eigenvalue weighted by Gasteiger charge is -2.33. The number of hydrogen-bond donors (Lipinski definition) is 1. The Morgan fingerprint density at radius 1 is 1.50 bits per heavy atom. The van der Waals surface area contributed by atoms with Gasteiger partial charge >= 0.3 is 6.03 Å². The first kappa shape index (κ1) is 16.8. The molecule has 2 amide bonds. The molecule has 2 rings (SSSR count). The van der Waals surface area contributed by atoms with Crippen LogP contribution in [-0.2, 0) is 18.3 Å². The van der Waals surface area contributed by atoms with Gasteiger partial charge < -0.3 is 19.5 Å². The molecule has 0 spiro atoms. The summed E-state index contributed by atoms with van der Waals surface area (Å²) >= 11 is 0. The molecule has 0 bridgehead atoms. The quantitative estimate of drug-likeness (QED) is 0.841. The monoisotopic (exact) mass is 308 g/mol. The van der Waals surface area contributed by atoms with E-state index in [2.05, 4.69) is 17.2 Å². The number of rotatable bonds is 7. The van der Waals surface area contributed by atoms with Crippen LogP contribution in [0.3, 0.4) is 0 Å². The van der Waals surface area contributed by atoms with Crippen molar-refractivity contribution in [2.45, 2.75) is 51.1 Å². The molecule has 1 heterocycles. The van der Waals surface area contributed by atoms with Gasteiger partial charge in [-0.3, -0.25) is 0 Å². The van der Waals surface area contributed by atoms with Crippen molar-refractivity contribution in [3.05, 3.63) is 18.2 Å². The largest absolute Gasteiger partial charge is 0.382 e. The zero-order valence-corrected chi connectivity index (χ0v) is 14.0. The maximum atomic E-state index is 12.7. The minimum absolute atomic E-state index is 0.0104. The topological polar surface area (TPSA) is 59.4 Å². The molecule has 1 aromatic heterocycles. The Morgan fingerprint density at radius 2 is 2.23 bits per heavy atom. The second kappa shape index (κ2) is 7.63. The first-order chi connectivity index (χ1) is 10.6. The van der Waals surface area contributed by atoms with E-state index in [1.807, 2.05) is 22.7 Å². The summed E-state index contributed by atoms with van der Waals surface area (Å²) < 4.78 is 7.30. The predicted octanol–water partition coefficient (Wildman–Crippen LogP) is 2.30. The summed E-state index contributed by atoms with van der Waals surface area (Å²) in [7, 11) is 3.65. The van der Waals surface area contributed by atoms with E-state index in [-0.39, 0.29) is 11.6 Å². The van der Waals surface area contributed by atoms with Crippen LogP contribution in [0.5, 0.6) is 0 Å². The zero-order chi connectivity index (χ0) is 16.0. The van der Waals surface area contributed by atoms with Crippen molar-refractivity contribution in [1.29, 1.82) is 0 Å². The molecule has 0 radical (unpaired) electrons. The van der Waals surface area contributed by atoms with E-state index in [4.69, 9.17) is 4.74 Å². The highest BCUT2D eigenvalue weighted by atomic mass is 16.5. The number of methoxy groups -OCH3 is 1. The molecule has 6 nitrogen and oxygen atoms in total. The highest BCUT2D eigenvalue weighted by molar-refractivity contribution is 5.75. The Balaban J connectivity index is 2.04. The molecule has 1 aliphatic carbocycles. The molecular weight excluding hydrogens is 280 g/mol. The Bertz CT molecular complexity index is 480. The van der Waals surface area contributed by atoms with Crippen molar-refractivity contribution in [2.24, 2.45) is 7.05 Å². The van der Waals surface area contributed by atoms with Gasteiger partial charge in [0.25, 0.3) is 0 Å².